The Bertz CT molecular complexity index is 497. The Morgan fingerprint density at radius 2 is 1.95 bits per heavy atom. The quantitative estimate of drug-likeness (QED) is 0.858. The van der Waals surface area contributed by atoms with Crippen LogP contribution in [-0.4, -0.2) is 34.7 Å². The molecule has 0 spiro atoms. The summed E-state index contributed by atoms with van der Waals surface area (Å²) in [6, 6.07) is 4.26. The van der Waals surface area contributed by atoms with Crippen molar-refractivity contribution in [2.24, 2.45) is 0 Å². The maximum Gasteiger partial charge on any atom is 0.126 e. The number of benzene rings is 1. The van der Waals surface area contributed by atoms with Crippen molar-refractivity contribution in [2.75, 3.05) is 13.1 Å². The standard InChI is InChI=1S/C16H22FNO2/c1-16(2)15(18-8-4-3-5-9-18)14(19)12-10-11(17)6-7-13(12)20-16/h6-7,10,14-15,19H,3-5,8-9H2,1-2H3. The molecule has 0 saturated carbocycles. The van der Waals surface area contributed by atoms with Gasteiger partial charge in [0.2, 0.25) is 0 Å². The first kappa shape index (κ1) is 13.8. The third-order valence-electron chi connectivity index (χ3n) is 4.46. The Labute approximate surface area is 119 Å². The molecule has 0 aromatic heterocycles. The summed E-state index contributed by atoms with van der Waals surface area (Å²) in [5.74, 6) is 0.264. The molecule has 3 nitrogen and oxygen atoms in total. The maximum absolute atomic E-state index is 13.4. The number of ether oxygens (including phenoxy) is 1. The van der Waals surface area contributed by atoms with Gasteiger partial charge in [-0.25, -0.2) is 4.39 Å². The molecular weight excluding hydrogens is 257 g/mol. The highest BCUT2D eigenvalue weighted by Gasteiger charge is 2.46. The van der Waals surface area contributed by atoms with Crippen molar-refractivity contribution in [3.05, 3.63) is 29.6 Å². The van der Waals surface area contributed by atoms with Crippen LogP contribution in [-0.2, 0) is 0 Å². The first-order chi connectivity index (χ1) is 9.49. The van der Waals surface area contributed by atoms with Gasteiger partial charge in [-0.15, -0.1) is 0 Å². The van der Waals surface area contributed by atoms with Crippen molar-refractivity contribution >= 4 is 0 Å². The molecule has 2 heterocycles. The lowest BCUT2D eigenvalue weighted by atomic mass is 9.84. The van der Waals surface area contributed by atoms with Crippen LogP contribution in [0.3, 0.4) is 0 Å². The van der Waals surface area contributed by atoms with E-state index in [1.54, 1.807) is 6.07 Å². The molecule has 3 rings (SSSR count). The molecule has 0 radical (unpaired) electrons. The lowest BCUT2D eigenvalue weighted by Gasteiger charge is -2.49. The number of halogens is 1. The van der Waals surface area contributed by atoms with Gasteiger partial charge in [-0.1, -0.05) is 6.42 Å². The van der Waals surface area contributed by atoms with Gasteiger partial charge in [0.05, 0.1) is 6.04 Å². The minimum Gasteiger partial charge on any atom is -0.486 e. The van der Waals surface area contributed by atoms with E-state index in [0.717, 1.165) is 25.9 Å². The third kappa shape index (κ3) is 2.31. The molecule has 2 aliphatic heterocycles. The number of hydrogen-bond donors (Lipinski definition) is 1. The summed E-state index contributed by atoms with van der Waals surface area (Å²) >= 11 is 0. The summed E-state index contributed by atoms with van der Waals surface area (Å²) in [5, 5.41) is 10.7. The summed E-state index contributed by atoms with van der Waals surface area (Å²) in [5.41, 5.74) is 0.0848. The van der Waals surface area contributed by atoms with E-state index in [1.165, 1.54) is 18.6 Å². The van der Waals surface area contributed by atoms with Crippen molar-refractivity contribution in [1.29, 1.82) is 0 Å². The molecule has 1 aromatic carbocycles. The van der Waals surface area contributed by atoms with E-state index < -0.39 is 11.7 Å². The van der Waals surface area contributed by atoms with Crippen LogP contribution in [0.15, 0.2) is 18.2 Å². The molecule has 0 aliphatic carbocycles. The van der Waals surface area contributed by atoms with Crippen LogP contribution >= 0.6 is 0 Å². The number of aliphatic hydroxyl groups excluding tert-OH is 1. The lowest BCUT2D eigenvalue weighted by Crippen LogP contribution is -2.59. The van der Waals surface area contributed by atoms with Gasteiger partial charge in [0.1, 0.15) is 23.3 Å². The minimum absolute atomic E-state index is 0.128. The summed E-state index contributed by atoms with van der Waals surface area (Å²) in [4.78, 5) is 2.29. The second kappa shape index (κ2) is 5.01. The summed E-state index contributed by atoms with van der Waals surface area (Å²) in [6.45, 7) is 5.95. The van der Waals surface area contributed by atoms with Gasteiger partial charge in [0.25, 0.3) is 0 Å². The maximum atomic E-state index is 13.4. The van der Waals surface area contributed by atoms with Gasteiger partial charge in [-0.3, -0.25) is 4.90 Å². The number of rotatable bonds is 1. The smallest absolute Gasteiger partial charge is 0.126 e. The average Bonchev–Trinajstić information content (AvgIpc) is 2.40. The highest BCUT2D eigenvalue weighted by molar-refractivity contribution is 5.40. The molecule has 20 heavy (non-hydrogen) atoms. The van der Waals surface area contributed by atoms with Gasteiger partial charge < -0.3 is 9.84 Å². The van der Waals surface area contributed by atoms with Crippen LogP contribution in [0.25, 0.3) is 0 Å². The molecule has 110 valence electrons. The van der Waals surface area contributed by atoms with Gasteiger partial charge in [-0.05, 0) is 58.0 Å². The molecule has 2 atom stereocenters. The van der Waals surface area contributed by atoms with E-state index in [9.17, 15) is 9.50 Å². The SMILES string of the molecule is CC1(C)Oc2ccc(F)cc2C(O)C1N1CCCCC1. The second-order valence-corrected chi connectivity index (χ2v) is 6.37. The normalized spacial score (nSPS) is 29.6. The van der Waals surface area contributed by atoms with Crippen molar-refractivity contribution in [1.82, 2.24) is 4.90 Å². The van der Waals surface area contributed by atoms with Crippen molar-refractivity contribution < 1.29 is 14.2 Å². The van der Waals surface area contributed by atoms with Gasteiger partial charge in [-0.2, -0.15) is 0 Å². The lowest BCUT2D eigenvalue weighted by molar-refractivity contribution is -0.0874. The minimum atomic E-state index is -0.706. The van der Waals surface area contributed by atoms with Crippen LogP contribution in [0.4, 0.5) is 4.39 Å². The van der Waals surface area contributed by atoms with Gasteiger partial charge >= 0.3 is 0 Å². The third-order valence-corrected chi connectivity index (χ3v) is 4.46. The van der Waals surface area contributed by atoms with Gasteiger partial charge in [0, 0.05) is 5.56 Å². The zero-order chi connectivity index (χ0) is 14.3. The number of piperidine rings is 1. The molecule has 1 fully saturated rings. The largest absolute Gasteiger partial charge is 0.486 e. The second-order valence-electron chi connectivity index (χ2n) is 6.37. The van der Waals surface area contributed by atoms with E-state index in [2.05, 4.69) is 4.90 Å². The Morgan fingerprint density at radius 3 is 2.65 bits per heavy atom. The van der Waals surface area contributed by atoms with E-state index in [0.29, 0.717) is 11.3 Å². The average molecular weight is 279 g/mol. The van der Waals surface area contributed by atoms with Crippen molar-refractivity contribution in [2.45, 2.75) is 50.9 Å². The summed E-state index contributed by atoms with van der Waals surface area (Å²) in [7, 11) is 0. The fourth-order valence-electron chi connectivity index (χ4n) is 3.57. The molecule has 2 unspecified atom stereocenters. The molecule has 1 aromatic rings. The first-order valence-electron chi connectivity index (χ1n) is 7.39. The fraction of sp³-hybridized carbons (Fsp3) is 0.625. The topological polar surface area (TPSA) is 32.7 Å². The van der Waals surface area contributed by atoms with Crippen molar-refractivity contribution in [3.63, 3.8) is 0 Å². The molecule has 2 aliphatic rings. The summed E-state index contributed by atoms with van der Waals surface area (Å²) in [6.07, 6.45) is 2.83. The van der Waals surface area contributed by atoms with E-state index >= 15 is 0 Å². The molecule has 1 N–H and O–H groups in total. The molecule has 4 heteroatoms. The Kier molecular flexibility index (Phi) is 3.46. The van der Waals surface area contributed by atoms with Crippen LogP contribution in [0.1, 0.15) is 44.8 Å². The van der Waals surface area contributed by atoms with Gasteiger partial charge in [0.15, 0.2) is 0 Å². The number of hydrogen-bond acceptors (Lipinski definition) is 3. The zero-order valence-corrected chi connectivity index (χ0v) is 12.1. The van der Waals surface area contributed by atoms with Crippen LogP contribution in [0, 0.1) is 5.82 Å². The van der Waals surface area contributed by atoms with E-state index in [-0.39, 0.29) is 11.9 Å². The number of aliphatic hydroxyl groups is 1. The van der Waals surface area contributed by atoms with Crippen molar-refractivity contribution in [3.8, 4) is 5.75 Å². The predicted molar refractivity (Wildman–Crippen MR) is 75.3 cm³/mol. The first-order valence-corrected chi connectivity index (χ1v) is 7.39. The molecule has 0 amide bonds. The molecular formula is C16H22FNO2. The summed E-state index contributed by atoms with van der Waals surface area (Å²) < 4.78 is 19.5. The molecule has 0 bridgehead atoms. The van der Waals surface area contributed by atoms with Crippen LogP contribution < -0.4 is 4.74 Å². The Morgan fingerprint density at radius 1 is 1.25 bits per heavy atom. The van der Waals surface area contributed by atoms with Crippen LogP contribution in [0.5, 0.6) is 5.75 Å². The molecule has 1 saturated heterocycles. The van der Waals surface area contributed by atoms with Crippen LogP contribution in [0.2, 0.25) is 0 Å². The Hall–Kier alpha value is -1.13. The Balaban J connectivity index is 1.97. The number of fused-ring (bicyclic) bond motifs is 1. The highest BCUT2D eigenvalue weighted by atomic mass is 19.1. The monoisotopic (exact) mass is 279 g/mol. The van der Waals surface area contributed by atoms with E-state index in [1.807, 2.05) is 13.8 Å². The van der Waals surface area contributed by atoms with E-state index in [4.69, 9.17) is 4.74 Å². The highest BCUT2D eigenvalue weighted by Crippen LogP contribution is 2.42. The predicted octanol–water partition coefficient (Wildman–Crippen LogP) is 2.88. The zero-order valence-electron chi connectivity index (χ0n) is 12.1. The number of likely N-dealkylation sites (tertiary alicyclic amines) is 1. The number of nitrogens with zero attached hydrogens (tertiary/aromatic N) is 1. The fourth-order valence-corrected chi connectivity index (χ4v) is 3.57.